The molecule has 0 radical (unpaired) electrons. The first-order valence-corrected chi connectivity index (χ1v) is 34.0. The number of hydrogen-bond donors (Lipinski definition) is 2. The SMILES string of the molecule is CC/C=C\C/C=C\C/C=C\C/C=C\C/C=C\C/C=C\CCC(=O)OC(COC(=O)CCCCCCCCC/C=C\CCCCCCCC)COP(=O)(O)OCC(CO)OC(=O)CCCCCCCCCCCCCCCCCCC. The highest BCUT2D eigenvalue weighted by Crippen LogP contribution is 2.43. The third kappa shape index (κ3) is 59.3. The molecule has 0 aromatic carbocycles. The molecule has 0 spiro atoms. The molecule has 0 aliphatic carbocycles. The summed E-state index contributed by atoms with van der Waals surface area (Å²) in [5.41, 5.74) is 0. The second-order valence-corrected chi connectivity index (χ2v) is 23.0. The molecular weight excluding hydrogens is 1020 g/mol. The first-order valence-electron chi connectivity index (χ1n) is 32.5. The number of unbranched alkanes of at least 4 members (excludes halogenated alkanes) is 29. The summed E-state index contributed by atoms with van der Waals surface area (Å²) in [5.74, 6) is -1.56. The third-order valence-electron chi connectivity index (χ3n) is 13.8. The molecule has 3 unspecified atom stereocenters. The van der Waals surface area contributed by atoms with Crippen molar-refractivity contribution in [2.45, 2.75) is 303 Å². The number of hydrogen-bond acceptors (Lipinski definition) is 10. The lowest BCUT2D eigenvalue weighted by atomic mass is 10.0. The molecule has 0 aliphatic rings. The van der Waals surface area contributed by atoms with Crippen LogP contribution in [0.2, 0.25) is 0 Å². The number of rotatable bonds is 60. The van der Waals surface area contributed by atoms with Crippen molar-refractivity contribution in [2.75, 3.05) is 26.4 Å². The monoisotopic (exact) mass is 1140 g/mol. The highest BCUT2D eigenvalue weighted by Gasteiger charge is 2.28. The number of esters is 3. The van der Waals surface area contributed by atoms with Crippen molar-refractivity contribution in [1.82, 2.24) is 0 Å². The molecule has 3 atom stereocenters. The largest absolute Gasteiger partial charge is 0.472 e. The van der Waals surface area contributed by atoms with Gasteiger partial charge in [-0.05, 0) is 83.5 Å². The van der Waals surface area contributed by atoms with Gasteiger partial charge in [0.25, 0.3) is 0 Å². The maximum absolute atomic E-state index is 13.0. The molecule has 2 N–H and O–H groups in total. The fraction of sp³-hybridized carbons (Fsp3) is 0.750. The fourth-order valence-corrected chi connectivity index (χ4v) is 9.69. The number of phosphoric acid groups is 1. The highest BCUT2D eigenvalue weighted by atomic mass is 31.2. The predicted octanol–water partition coefficient (Wildman–Crippen LogP) is 19.8. The van der Waals surface area contributed by atoms with Gasteiger partial charge in [-0.1, -0.05) is 273 Å². The van der Waals surface area contributed by atoms with E-state index in [0.717, 1.165) is 77.0 Å². The van der Waals surface area contributed by atoms with Crippen LogP contribution in [0.15, 0.2) is 85.1 Å². The lowest BCUT2D eigenvalue weighted by molar-refractivity contribution is -0.161. The molecule has 462 valence electrons. The van der Waals surface area contributed by atoms with Crippen LogP contribution in [-0.4, -0.2) is 66.5 Å². The molecule has 0 heterocycles. The Morgan fingerprint density at radius 3 is 1.07 bits per heavy atom. The second kappa shape index (κ2) is 61.7. The Kier molecular flexibility index (Phi) is 59.1. The summed E-state index contributed by atoms with van der Waals surface area (Å²) < 4.78 is 39.6. The van der Waals surface area contributed by atoms with Gasteiger partial charge in [0.1, 0.15) is 12.7 Å². The normalized spacial score (nSPS) is 13.8. The van der Waals surface area contributed by atoms with Gasteiger partial charge in [0, 0.05) is 19.3 Å². The molecule has 0 fully saturated rings. The van der Waals surface area contributed by atoms with E-state index in [2.05, 4.69) is 93.7 Å². The number of phosphoric ester groups is 1. The van der Waals surface area contributed by atoms with E-state index in [1.165, 1.54) is 148 Å². The van der Waals surface area contributed by atoms with Crippen LogP contribution in [0.3, 0.4) is 0 Å². The zero-order chi connectivity index (χ0) is 58.3. The minimum Gasteiger partial charge on any atom is -0.462 e. The Morgan fingerprint density at radius 2 is 0.675 bits per heavy atom. The number of aliphatic hydroxyl groups excluding tert-OH is 1. The van der Waals surface area contributed by atoms with E-state index in [1.807, 2.05) is 12.2 Å². The van der Waals surface area contributed by atoms with Crippen LogP contribution >= 0.6 is 7.82 Å². The fourth-order valence-electron chi connectivity index (χ4n) is 8.91. The number of aliphatic hydroxyl groups is 1. The average molecular weight is 1140 g/mol. The summed E-state index contributed by atoms with van der Waals surface area (Å²) >= 11 is 0. The smallest absolute Gasteiger partial charge is 0.462 e. The van der Waals surface area contributed by atoms with Crippen molar-refractivity contribution >= 4 is 25.7 Å². The zero-order valence-corrected chi connectivity index (χ0v) is 52.2. The van der Waals surface area contributed by atoms with E-state index < -0.39 is 57.8 Å². The summed E-state index contributed by atoms with van der Waals surface area (Å²) in [6.07, 6.45) is 72.6. The first-order chi connectivity index (χ1) is 39.2. The van der Waals surface area contributed by atoms with E-state index in [-0.39, 0.29) is 25.9 Å². The van der Waals surface area contributed by atoms with Gasteiger partial charge in [0.05, 0.1) is 19.8 Å². The predicted molar refractivity (Wildman–Crippen MR) is 334 cm³/mol. The lowest BCUT2D eigenvalue weighted by Gasteiger charge is -2.21. The molecule has 0 aliphatic heterocycles. The van der Waals surface area contributed by atoms with Crippen LogP contribution in [0.4, 0.5) is 0 Å². The van der Waals surface area contributed by atoms with E-state index >= 15 is 0 Å². The van der Waals surface area contributed by atoms with Crippen molar-refractivity contribution < 1.29 is 52.2 Å². The Bertz CT molecular complexity index is 1670. The van der Waals surface area contributed by atoms with E-state index in [4.69, 9.17) is 23.3 Å². The Labute approximate surface area is 490 Å². The molecule has 0 saturated carbocycles. The summed E-state index contributed by atoms with van der Waals surface area (Å²) in [7, 11) is -4.78. The second-order valence-electron chi connectivity index (χ2n) is 21.6. The third-order valence-corrected chi connectivity index (χ3v) is 14.8. The average Bonchev–Trinajstić information content (AvgIpc) is 3.45. The van der Waals surface area contributed by atoms with Gasteiger partial charge >= 0.3 is 25.7 Å². The number of allylic oxidation sites excluding steroid dienone is 14. The molecule has 0 amide bonds. The van der Waals surface area contributed by atoms with Crippen LogP contribution in [0.1, 0.15) is 290 Å². The summed E-state index contributed by atoms with van der Waals surface area (Å²) in [6.45, 7) is 4.49. The van der Waals surface area contributed by atoms with Crippen LogP contribution < -0.4 is 0 Å². The molecule has 12 heteroatoms. The Balaban J connectivity index is 4.78. The standard InChI is InChI=1S/C68H119O11P/c1-4-7-10-13-16-19-22-25-28-31-32-35-38-41-44-47-50-53-56-59-68(72)79-65(61-75-66(70)57-54-51-48-45-42-39-36-33-29-26-23-20-17-14-11-8-5-2)63-77-80(73,74)76-62-64(60-69)78-67(71)58-55-52-49-46-43-40-37-34-30-27-24-21-18-15-12-9-6-3/h7,10,16,19,25-26,28-29,32,35,41,44,50,53,64-65,69H,4-6,8-9,11-15,17-18,20-24,27,30-31,33-34,36-40,42-43,45-49,51-52,54-63H2,1-3H3,(H,73,74)/b10-7-,19-16-,28-25-,29-26-,35-32-,44-41-,53-50-. The van der Waals surface area contributed by atoms with Gasteiger partial charge in [-0.2, -0.15) is 0 Å². The highest BCUT2D eigenvalue weighted by molar-refractivity contribution is 7.47. The molecule has 11 nitrogen and oxygen atoms in total. The lowest BCUT2D eigenvalue weighted by Crippen LogP contribution is -2.30. The van der Waals surface area contributed by atoms with E-state index in [0.29, 0.717) is 25.7 Å². The van der Waals surface area contributed by atoms with Crippen LogP contribution in [0.25, 0.3) is 0 Å². The van der Waals surface area contributed by atoms with Crippen LogP contribution in [0.5, 0.6) is 0 Å². The first kappa shape index (κ1) is 76.7. The minimum atomic E-state index is -4.78. The van der Waals surface area contributed by atoms with Gasteiger partial charge < -0.3 is 24.2 Å². The number of ether oxygens (including phenoxy) is 3. The molecule has 80 heavy (non-hydrogen) atoms. The van der Waals surface area contributed by atoms with E-state index in [1.54, 1.807) is 0 Å². The maximum Gasteiger partial charge on any atom is 0.472 e. The summed E-state index contributed by atoms with van der Waals surface area (Å²) in [4.78, 5) is 48.7. The van der Waals surface area contributed by atoms with Crippen molar-refractivity contribution in [3.63, 3.8) is 0 Å². The topological polar surface area (TPSA) is 155 Å². The molecule has 0 rings (SSSR count). The van der Waals surface area contributed by atoms with Crippen molar-refractivity contribution in [3.8, 4) is 0 Å². The molecule has 0 aromatic rings. The molecule has 0 saturated heterocycles. The van der Waals surface area contributed by atoms with Crippen LogP contribution in [0, 0.1) is 0 Å². The quantitative estimate of drug-likeness (QED) is 0.0197. The molecular formula is C68H119O11P. The van der Waals surface area contributed by atoms with Crippen LogP contribution in [-0.2, 0) is 42.2 Å². The van der Waals surface area contributed by atoms with Gasteiger partial charge in [-0.15, -0.1) is 0 Å². The zero-order valence-electron chi connectivity index (χ0n) is 51.3. The van der Waals surface area contributed by atoms with E-state index in [9.17, 15) is 28.9 Å². The van der Waals surface area contributed by atoms with Crippen molar-refractivity contribution in [3.05, 3.63) is 85.1 Å². The molecule has 0 aromatic heterocycles. The Hall–Kier alpha value is -3.34. The van der Waals surface area contributed by atoms with Crippen molar-refractivity contribution in [1.29, 1.82) is 0 Å². The van der Waals surface area contributed by atoms with Gasteiger partial charge in [0.15, 0.2) is 6.10 Å². The van der Waals surface area contributed by atoms with Gasteiger partial charge in [-0.25, -0.2) is 4.57 Å². The Morgan fingerprint density at radius 1 is 0.362 bits per heavy atom. The van der Waals surface area contributed by atoms with Crippen molar-refractivity contribution in [2.24, 2.45) is 0 Å². The summed E-state index contributed by atoms with van der Waals surface area (Å²) in [6, 6.07) is 0. The maximum atomic E-state index is 13.0. The van der Waals surface area contributed by atoms with Gasteiger partial charge in [0.2, 0.25) is 0 Å². The summed E-state index contributed by atoms with van der Waals surface area (Å²) in [5, 5.41) is 9.86. The minimum absolute atomic E-state index is 0.0406. The number of carbonyl (C=O) groups is 3. The molecule has 0 bridgehead atoms. The number of carbonyl (C=O) groups excluding carboxylic acids is 3. The van der Waals surface area contributed by atoms with Gasteiger partial charge in [-0.3, -0.25) is 23.4 Å².